The minimum absolute atomic E-state index is 0.251. The first-order valence-electron chi connectivity index (χ1n) is 6.57. The van der Waals surface area contributed by atoms with Crippen LogP contribution in [-0.4, -0.2) is 12.4 Å². The predicted molar refractivity (Wildman–Crippen MR) is 79.0 cm³/mol. The molecule has 2 aromatic rings. The zero-order valence-corrected chi connectivity index (χ0v) is 12.0. The molecule has 0 fully saturated rings. The Balaban J connectivity index is 3.05. The molecule has 0 aromatic heterocycles. The Hall–Kier alpha value is -2.58. The van der Waals surface area contributed by atoms with Crippen LogP contribution in [0.2, 0.25) is 0 Å². The average molecular weight is 349 g/mol. The first kappa shape index (κ1) is 17.8. The van der Waals surface area contributed by atoms with Gasteiger partial charge in [0, 0.05) is 22.6 Å². The Morgan fingerprint density at radius 2 is 1.12 bits per heavy atom. The van der Waals surface area contributed by atoms with Gasteiger partial charge >= 0.3 is 12.4 Å². The van der Waals surface area contributed by atoms with Gasteiger partial charge in [-0.3, -0.25) is 0 Å². The van der Waals surface area contributed by atoms with Gasteiger partial charge in [0.05, 0.1) is 0 Å². The molecule has 0 unspecified atom stereocenters. The number of halogens is 6. The maximum absolute atomic E-state index is 13.9. The van der Waals surface area contributed by atoms with Crippen molar-refractivity contribution in [2.24, 2.45) is 0 Å². The molecule has 0 radical (unpaired) electrons. The highest BCUT2D eigenvalue weighted by atomic mass is 19.4. The number of rotatable bonds is 2. The summed E-state index contributed by atoms with van der Waals surface area (Å²) in [5.41, 5.74) is 7.89. The fraction of sp³-hybridized carbons (Fsp3) is 0.200. The van der Waals surface area contributed by atoms with Gasteiger partial charge in [0.1, 0.15) is 0 Å². The van der Waals surface area contributed by atoms with Crippen molar-refractivity contribution in [2.75, 3.05) is 17.2 Å². The van der Waals surface area contributed by atoms with E-state index in [1.807, 2.05) is 0 Å². The Morgan fingerprint density at radius 1 is 0.667 bits per heavy atom. The van der Waals surface area contributed by atoms with Crippen LogP contribution in [0.1, 0.15) is 11.1 Å². The standard InChI is InChI=1S/C15H13F6N3/c16-14(17,18)13(15(19,20)21,8-3-1-4-9(22)7-8)12-10(23)5-2-6-11(12)24/h1-7H,22-24H2. The van der Waals surface area contributed by atoms with Crippen LogP contribution < -0.4 is 17.2 Å². The first-order valence-corrected chi connectivity index (χ1v) is 6.57. The molecule has 0 aliphatic rings. The van der Waals surface area contributed by atoms with E-state index in [2.05, 4.69) is 0 Å². The topological polar surface area (TPSA) is 78.1 Å². The summed E-state index contributed by atoms with van der Waals surface area (Å²) in [6, 6.07) is 6.54. The van der Waals surface area contributed by atoms with Crippen molar-refractivity contribution in [3.05, 3.63) is 53.6 Å². The van der Waals surface area contributed by atoms with Gasteiger partial charge in [-0.25, -0.2) is 0 Å². The van der Waals surface area contributed by atoms with Gasteiger partial charge in [-0.05, 0) is 29.8 Å². The lowest BCUT2D eigenvalue weighted by molar-refractivity contribution is -0.288. The van der Waals surface area contributed by atoms with E-state index in [9.17, 15) is 26.3 Å². The van der Waals surface area contributed by atoms with Crippen LogP contribution in [-0.2, 0) is 5.41 Å². The summed E-state index contributed by atoms with van der Waals surface area (Å²) in [6.07, 6.45) is -11.5. The van der Waals surface area contributed by atoms with Crippen molar-refractivity contribution in [1.29, 1.82) is 0 Å². The highest BCUT2D eigenvalue weighted by molar-refractivity contribution is 5.69. The summed E-state index contributed by atoms with van der Waals surface area (Å²) in [5, 5.41) is 0. The number of anilines is 3. The van der Waals surface area contributed by atoms with E-state index in [0.717, 1.165) is 18.2 Å². The first-order chi connectivity index (χ1) is 10.9. The van der Waals surface area contributed by atoms with Gasteiger partial charge in [0.25, 0.3) is 0 Å². The van der Waals surface area contributed by atoms with Crippen molar-refractivity contribution in [3.8, 4) is 0 Å². The number of nitrogens with two attached hydrogens (primary N) is 3. The molecule has 0 saturated carbocycles. The van der Waals surface area contributed by atoms with Crippen LogP contribution in [0.3, 0.4) is 0 Å². The van der Waals surface area contributed by atoms with Crippen molar-refractivity contribution >= 4 is 17.1 Å². The lowest BCUT2D eigenvalue weighted by atomic mass is 9.71. The summed E-state index contributed by atoms with van der Waals surface area (Å²) in [5.74, 6) is 0. The Morgan fingerprint density at radius 3 is 1.54 bits per heavy atom. The normalized spacial score (nSPS) is 13.1. The van der Waals surface area contributed by atoms with E-state index < -0.39 is 40.3 Å². The summed E-state index contributed by atoms with van der Waals surface area (Å²) in [4.78, 5) is 0. The Bertz CT molecular complexity index is 717. The fourth-order valence-corrected chi connectivity index (χ4v) is 2.71. The third-order valence-corrected chi connectivity index (χ3v) is 3.67. The number of benzene rings is 2. The van der Waals surface area contributed by atoms with Gasteiger partial charge < -0.3 is 17.2 Å². The molecule has 0 atom stereocenters. The molecular formula is C15H13F6N3. The molecule has 0 heterocycles. The molecule has 0 amide bonds. The molecule has 130 valence electrons. The van der Waals surface area contributed by atoms with Crippen LogP contribution in [0.15, 0.2) is 42.5 Å². The molecule has 0 bridgehead atoms. The quantitative estimate of drug-likeness (QED) is 0.569. The van der Waals surface area contributed by atoms with E-state index in [0.29, 0.717) is 12.1 Å². The van der Waals surface area contributed by atoms with Crippen LogP contribution in [0.5, 0.6) is 0 Å². The van der Waals surface area contributed by atoms with Crippen molar-refractivity contribution in [2.45, 2.75) is 17.8 Å². The summed E-state index contributed by atoms with van der Waals surface area (Å²) < 4.78 is 83.2. The molecule has 2 aromatic carbocycles. The molecule has 0 spiro atoms. The van der Waals surface area contributed by atoms with Crippen LogP contribution in [0, 0.1) is 0 Å². The van der Waals surface area contributed by atoms with E-state index in [-0.39, 0.29) is 5.69 Å². The zero-order valence-electron chi connectivity index (χ0n) is 12.0. The summed E-state index contributed by atoms with van der Waals surface area (Å²) >= 11 is 0. The number of nitrogen functional groups attached to an aromatic ring is 3. The summed E-state index contributed by atoms with van der Waals surface area (Å²) in [7, 11) is 0. The second kappa shape index (κ2) is 5.50. The minimum Gasteiger partial charge on any atom is -0.399 e. The lowest BCUT2D eigenvalue weighted by Crippen LogP contribution is -2.55. The van der Waals surface area contributed by atoms with E-state index >= 15 is 0 Å². The Labute approximate surface area is 133 Å². The highest BCUT2D eigenvalue weighted by Gasteiger charge is 2.73. The molecule has 24 heavy (non-hydrogen) atoms. The van der Waals surface area contributed by atoms with E-state index in [1.165, 1.54) is 12.1 Å². The van der Waals surface area contributed by atoms with Gasteiger partial charge in [0.2, 0.25) is 5.41 Å². The maximum Gasteiger partial charge on any atom is 0.411 e. The minimum atomic E-state index is -5.76. The number of hydrogen-bond acceptors (Lipinski definition) is 3. The van der Waals surface area contributed by atoms with Crippen LogP contribution in [0.25, 0.3) is 0 Å². The molecule has 9 heteroatoms. The van der Waals surface area contributed by atoms with Crippen LogP contribution in [0.4, 0.5) is 43.4 Å². The van der Waals surface area contributed by atoms with Crippen molar-refractivity contribution in [1.82, 2.24) is 0 Å². The Kier molecular flexibility index (Phi) is 4.07. The lowest BCUT2D eigenvalue weighted by Gasteiger charge is -2.39. The van der Waals surface area contributed by atoms with Crippen molar-refractivity contribution < 1.29 is 26.3 Å². The molecule has 0 saturated heterocycles. The number of hydrogen-bond donors (Lipinski definition) is 3. The average Bonchev–Trinajstić information content (AvgIpc) is 2.40. The zero-order chi connectivity index (χ0) is 18.3. The summed E-state index contributed by atoms with van der Waals surface area (Å²) in [6.45, 7) is 0. The van der Waals surface area contributed by atoms with E-state index in [1.54, 1.807) is 0 Å². The van der Waals surface area contributed by atoms with Gasteiger partial charge in [-0.1, -0.05) is 18.2 Å². The van der Waals surface area contributed by atoms with Gasteiger partial charge in [-0.2, -0.15) is 26.3 Å². The second-order valence-electron chi connectivity index (χ2n) is 5.18. The SMILES string of the molecule is Nc1cccc(C(c2c(N)cccc2N)(C(F)(F)F)C(F)(F)F)c1. The largest absolute Gasteiger partial charge is 0.411 e. The molecule has 3 nitrogen and oxygen atoms in total. The predicted octanol–water partition coefficient (Wildman–Crippen LogP) is 3.84. The molecule has 6 N–H and O–H groups in total. The van der Waals surface area contributed by atoms with Gasteiger partial charge in [0.15, 0.2) is 0 Å². The third-order valence-electron chi connectivity index (χ3n) is 3.67. The maximum atomic E-state index is 13.9. The highest BCUT2D eigenvalue weighted by Crippen LogP contribution is 2.58. The molecule has 2 rings (SSSR count). The molecule has 0 aliphatic carbocycles. The molecular weight excluding hydrogens is 336 g/mol. The van der Waals surface area contributed by atoms with Gasteiger partial charge in [-0.15, -0.1) is 0 Å². The number of alkyl halides is 6. The monoisotopic (exact) mass is 349 g/mol. The third kappa shape index (κ3) is 2.49. The van der Waals surface area contributed by atoms with Crippen molar-refractivity contribution in [3.63, 3.8) is 0 Å². The molecule has 0 aliphatic heterocycles. The second-order valence-corrected chi connectivity index (χ2v) is 5.18. The van der Waals surface area contributed by atoms with E-state index in [4.69, 9.17) is 17.2 Å². The van der Waals surface area contributed by atoms with Crippen LogP contribution >= 0.6 is 0 Å². The smallest absolute Gasteiger partial charge is 0.399 e. The fourth-order valence-electron chi connectivity index (χ4n) is 2.71.